The van der Waals surface area contributed by atoms with Crippen molar-refractivity contribution in [2.24, 2.45) is 0 Å². The number of carbonyl (C=O) groups is 2. The molecule has 19 heavy (non-hydrogen) atoms. The first-order valence-corrected chi connectivity index (χ1v) is 6.58. The number of rotatable bonds is 3. The SMILES string of the molecule is CN(C(=O)OC(C)(C)C)C(C)(C=O)c1ccc(Br)o1. The van der Waals surface area contributed by atoms with Crippen molar-refractivity contribution in [1.82, 2.24) is 4.90 Å². The molecule has 1 rings (SSSR count). The summed E-state index contributed by atoms with van der Waals surface area (Å²) in [5.74, 6) is 0.364. The molecule has 0 bridgehead atoms. The molecular formula is C13H18BrNO4. The number of halogens is 1. The van der Waals surface area contributed by atoms with E-state index in [0.717, 1.165) is 0 Å². The Morgan fingerprint density at radius 2 is 1.95 bits per heavy atom. The molecule has 1 aromatic rings. The van der Waals surface area contributed by atoms with Gasteiger partial charge in [0.1, 0.15) is 11.4 Å². The van der Waals surface area contributed by atoms with Crippen LogP contribution in [0, 0.1) is 0 Å². The summed E-state index contributed by atoms with van der Waals surface area (Å²) in [4.78, 5) is 24.7. The van der Waals surface area contributed by atoms with Crippen molar-refractivity contribution >= 4 is 28.3 Å². The van der Waals surface area contributed by atoms with E-state index >= 15 is 0 Å². The average molecular weight is 332 g/mol. The molecule has 1 atom stereocenters. The van der Waals surface area contributed by atoms with Crippen LogP contribution in [0.1, 0.15) is 33.5 Å². The Labute approximate surface area is 121 Å². The second-order valence-electron chi connectivity index (χ2n) is 5.41. The molecule has 1 heterocycles. The number of furan rings is 1. The normalized spacial score (nSPS) is 14.6. The van der Waals surface area contributed by atoms with E-state index in [1.54, 1.807) is 39.8 Å². The van der Waals surface area contributed by atoms with Crippen LogP contribution in [-0.4, -0.2) is 29.9 Å². The fourth-order valence-electron chi connectivity index (χ4n) is 1.41. The van der Waals surface area contributed by atoms with Crippen molar-refractivity contribution in [3.63, 3.8) is 0 Å². The molecule has 6 heteroatoms. The zero-order valence-corrected chi connectivity index (χ0v) is 13.3. The van der Waals surface area contributed by atoms with E-state index in [9.17, 15) is 9.59 Å². The largest absolute Gasteiger partial charge is 0.451 e. The molecule has 0 saturated carbocycles. The third-order valence-electron chi connectivity index (χ3n) is 2.67. The summed E-state index contributed by atoms with van der Waals surface area (Å²) in [5.41, 5.74) is -1.84. The summed E-state index contributed by atoms with van der Waals surface area (Å²) in [7, 11) is 1.50. The van der Waals surface area contributed by atoms with Gasteiger partial charge in [-0.25, -0.2) is 4.79 Å². The second kappa shape index (κ2) is 5.36. The highest BCUT2D eigenvalue weighted by atomic mass is 79.9. The van der Waals surface area contributed by atoms with Crippen LogP contribution in [0.15, 0.2) is 21.2 Å². The van der Waals surface area contributed by atoms with Gasteiger partial charge in [0, 0.05) is 7.05 Å². The van der Waals surface area contributed by atoms with Gasteiger partial charge in [0.25, 0.3) is 0 Å². The molecule has 0 aliphatic carbocycles. The zero-order valence-electron chi connectivity index (χ0n) is 11.7. The number of nitrogens with zero attached hydrogens (tertiary/aromatic N) is 1. The Balaban J connectivity index is 3.02. The van der Waals surface area contributed by atoms with E-state index in [1.807, 2.05) is 0 Å². The molecule has 0 aliphatic heterocycles. The Morgan fingerprint density at radius 3 is 2.32 bits per heavy atom. The average Bonchev–Trinajstić information content (AvgIpc) is 2.72. The summed E-state index contributed by atoms with van der Waals surface area (Å²) in [5, 5.41) is 0. The van der Waals surface area contributed by atoms with E-state index in [4.69, 9.17) is 9.15 Å². The minimum Gasteiger partial charge on any atom is -0.451 e. The van der Waals surface area contributed by atoms with Gasteiger partial charge in [-0.3, -0.25) is 4.90 Å². The molecule has 0 N–H and O–H groups in total. The molecule has 0 aromatic carbocycles. The Kier molecular flexibility index (Phi) is 4.45. The molecule has 0 spiro atoms. The lowest BCUT2D eigenvalue weighted by Gasteiger charge is -2.33. The monoisotopic (exact) mass is 331 g/mol. The minimum absolute atomic E-state index is 0.364. The number of amides is 1. The smallest absolute Gasteiger partial charge is 0.411 e. The van der Waals surface area contributed by atoms with Crippen molar-refractivity contribution < 1.29 is 18.7 Å². The van der Waals surface area contributed by atoms with Gasteiger partial charge in [0.15, 0.2) is 16.5 Å². The van der Waals surface area contributed by atoms with Crippen LogP contribution < -0.4 is 0 Å². The number of aldehydes is 1. The maximum absolute atomic E-state index is 12.0. The molecule has 5 nitrogen and oxygen atoms in total. The standard InChI is InChI=1S/C13H18BrNO4/c1-12(2,3)19-11(17)15(5)13(4,8-16)9-6-7-10(14)18-9/h6-8H,1-5H3. The Hall–Kier alpha value is -1.30. The van der Waals surface area contributed by atoms with E-state index in [-0.39, 0.29) is 0 Å². The van der Waals surface area contributed by atoms with Crippen LogP contribution >= 0.6 is 15.9 Å². The van der Waals surface area contributed by atoms with Crippen LogP contribution in [0.5, 0.6) is 0 Å². The number of hydrogen-bond acceptors (Lipinski definition) is 4. The first-order chi connectivity index (χ1) is 8.60. The summed E-state index contributed by atoms with van der Waals surface area (Å²) in [6.45, 7) is 6.89. The quantitative estimate of drug-likeness (QED) is 0.797. The predicted molar refractivity (Wildman–Crippen MR) is 73.8 cm³/mol. The maximum Gasteiger partial charge on any atom is 0.411 e. The molecule has 106 valence electrons. The van der Waals surface area contributed by atoms with Gasteiger partial charge in [-0.05, 0) is 55.8 Å². The molecule has 1 unspecified atom stereocenters. The van der Waals surface area contributed by atoms with Crippen molar-refractivity contribution in [2.45, 2.75) is 38.8 Å². The fourth-order valence-corrected chi connectivity index (χ4v) is 1.72. The van der Waals surface area contributed by atoms with Crippen molar-refractivity contribution in [2.75, 3.05) is 7.05 Å². The molecule has 1 amide bonds. The van der Waals surface area contributed by atoms with Crippen molar-refractivity contribution in [3.05, 3.63) is 22.6 Å². The molecule has 1 aromatic heterocycles. The molecular weight excluding hydrogens is 314 g/mol. The second-order valence-corrected chi connectivity index (χ2v) is 6.19. The zero-order chi connectivity index (χ0) is 14.8. The van der Waals surface area contributed by atoms with Gasteiger partial charge in [-0.1, -0.05) is 0 Å². The van der Waals surface area contributed by atoms with Gasteiger partial charge in [0.2, 0.25) is 0 Å². The van der Waals surface area contributed by atoms with Gasteiger partial charge in [-0.15, -0.1) is 0 Å². The lowest BCUT2D eigenvalue weighted by molar-refractivity contribution is -0.118. The van der Waals surface area contributed by atoms with E-state index < -0.39 is 17.2 Å². The van der Waals surface area contributed by atoms with Gasteiger partial charge in [0.05, 0.1) is 0 Å². The lowest BCUT2D eigenvalue weighted by atomic mass is 10.00. The summed E-state index contributed by atoms with van der Waals surface area (Å²) >= 11 is 3.17. The van der Waals surface area contributed by atoms with Crippen LogP contribution in [-0.2, 0) is 15.1 Å². The van der Waals surface area contributed by atoms with Crippen LogP contribution in [0.4, 0.5) is 4.79 Å². The lowest BCUT2D eigenvalue weighted by Crippen LogP contribution is -2.48. The summed E-state index contributed by atoms with van der Waals surface area (Å²) in [6.07, 6.45) is 0.0666. The third kappa shape index (κ3) is 3.59. The Bertz CT molecular complexity index is 477. The highest BCUT2D eigenvalue weighted by Gasteiger charge is 2.39. The molecule has 0 saturated heterocycles. The highest BCUT2D eigenvalue weighted by Crippen LogP contribution is 2.29. The molecule has 0 radical (unpaired) electrons. The van der Waals surface area contributed by atoms with Gasteiger partial charge < -0.3 is 13.9 Å². The van der Waals surface area contributed by atoms with Gasteiger partial charge >= 0.3 is 6.09 Å². The Morgan fingerprint density at radius 1 is 1.37 bits per heavy atom. The first kappa shape index (κ1) is 15.8. The number of likely N-dealkylation sites (N-methyl/N-ethyl adjacent to an activating group) is 1. The maximum atomic E-state index is 12.0. The minimum atomic E-state index is -1.21. The summed E-state index contributed by atoms with van der Waals surface area (Å²) < 4.78 is 11.1. The molecule has 0 fully saturated rings. The third-order valence-corrected chi connectivity index (χ3v) is 3.09. The number of hydrogen-bond donors (Lipinski definition) is 0. The number of ether oxygens (including phenoxy) is 1. The summed E-state index contributed by atoms with van der Waals surface area (Å²) in [6, 6.07) is 3.30. The molecule has 0 aliphatic rings. The topological polar surface area (TPSA) is 59.8 Å². The van der Waals surface area contributed by atoms with Gasteiger partial charge in [-0.2, -0.15) is 0 Å². The van der Waals surface area contributed by atoms with Crippen LogP contribution in [0.25, 0.3) is 0 Å². The fraction of sp³-hybridized carbons (Fsp3) is 0.538. The highest BCUT2D eigenvalue weighted by molar-refractivity contribution is 9.10. The van der Waals surface area contributed by atoms with E-state index in [2.05, 4.69) is 15.9 Å². The van der Waals surface area contributed by atoms with Crippen molar-refractivity contribution in [1.29, 1.82) is 0 Å². The van der Waals surface area contributed by atoms with Crippen LogP contribution in [0.2, 0.25) is 0 Å². The first-order valence-electron chi connectivity index (χ1n) is 5.79. The predicted octanol–water partition coefficient (Wildman–Crippen LogP) is 3.32. The van der Waals surface area contributed by atoms with Crippen molar-refractivity contribution in [3.8, 4) is 0 Å². The van der Waals surface area contributed by atoms with E-state index in [0.29, 0.717) is 16.7 Å². The number of carbonyl (C=O) groups excluding carboxylic acids is 2. The van der Waals surface area contributed by atoms with E-state index in [1.165, 1.54) is 11.9 Å². The van der Waals surface area contributed by atoms with Crippen LogP contribution in [0.3, 0.4) is 0 Å².